The molecule has 8 heteroatoms. The van der Waals surface area contributed by atoms with Gasteiger partial charge in [0.25, 0.3) is 11.8 Å². The Hall–Kier alpha value is -2.12. The van der Waals surface area contributed by atoms with Gasteiger partial charge in [0.2, 0.25) is 0 Å². The van der Waals surface area contributed by atoms with Crippen molar-refractivity contribution >= 4 is 23.9 Å². The Balaban J connectivity index is 2.23. The van der Waals surface area contributed by atoms with Crippen LogP contribution in [0.15, 0.2) is 0 Å². The lowest BCUT2D eigenvalue weighted by Gasteiger charge is -2.12. The molecule has 1 fully saturated rings. The number of hydrogen-bond donors (Lipinski definition) is 0. The molecule has 94 valence electrons. The lowest BCUT2D eigenvalue weighted by Crippen LogP contribution is -2.32. The molecule has 0 aromatic rings. The monoisotopic (exact) mass is 245 g/mol. The van der Waals surface area contributed by atoms with Crippen molar-refractivity contribution in [2.24, 2.45) is 0 Å². The van der Waals surface area contributed by atoms with Gasteiger partial charge in [-0.1, -0.05) is 5.06 Å². The normalized spacial score (nSPS) is 14.8. The number of nitrogens with zero attached hydrogens (tertiary/aromatic N) is 1. The molecule has 0 atom stereocenters. The van der Waals surface area contributed by atoms with Gasteiger partial charge in [-0.3, -0.25) is 19.2 Å². The van der Waals surface area contributed by atoms with E-state index in [2.05, 4.69) is 14.3 Å². The molecule has 0 radical (unpaired) electrons. The van der Waals surface area contributed by atoms with Crippen LogP contribution in [0.1, 0.15) is 19.8 Å². The van der Waals surface area contributed by atoms with E-state index in [0.29, 0.717) is 5.06 Å². The molecule has 0 N–H and O–H groups in total. The lowest BCUT2D eigenvalue weighted by atomic mass is 10.4. The summed E-state index contributed by atoms with van der Waals surface area (Å²) in [6.07, 6.45) is -1.17. The standard InChI is InChI=1S/C9H11NO7/c1-6(11)15-4-5-16-9(14)17-10-7(12)2-3-8(10)13/h2-5H2,1H3. The van der Waals surface area contributed by atoms with E-state index in [9.17, 15) is 19.2 Å². The number of ether oxygens (including phenoxy) is 2. The van der Waals surface area contributed by atoms with Crippen molar-refractivity contribution in [1.82, 2.24) is 5.06 Å². The highest BCUT2D eigenvalue weighted by atomic mass is 16.8. The molecule has 1 heterocycles. The topological polar surface area (TPSA) is 99.2 Å². The minimum absolute atomic E-state index is 0.0135. The van der Waals surface area contributed by atoms with Crippen LogP contribution >= 0.6 is 0 Å². The van der Waals surface area contributed by atoms with Gasteiger partial charge in [0, 0.05) is 19.8 Å². The molecule has 2 amide bonds. The quantitative estimate of drug-likeness (QED) is 0.383. The fraction of sp³-hybridized carbons (Fsp3) is 0.556. The molecule has 1 saturated heterocycles. The van der Waals surface area contributed by atoms with Crippen LogP contribution in [-0.2, 0) is 28.7 Å². The second-order valence-corrected chi connectivity index (χ2v) is 3.11. The Morgan fingerprint density at radius 3 is 2.18 bits per heavy atom. The number of hydroxylamine groups is 2. The van der Waals surface area contributed by atoms with Gasteiger partial charge in [-0.2, -0.15) is 0 Å². The van der Waals surface area contributed by atoms with Crippen LogP contribution in [0, 0.1) is 0 Å². The number of rotatable bonds is 4. The molecule has 1 aliphatic heterocycles. The number of carbonyl (C=O) groups is 4. The summed E-state index contributed by atoms with van der Waals surface area (Å²) < 4.78 is 8.95. The predicted octanol–water partition coefficient (Wildman–Crippen LogP) is -0.233. The maximum Gasteiger partial charge on any atom is 0.534 e. The fourth-order valence-corrected chi connectivity index (χ4v) is 1.07. The molecule has 1 rings (SSSR count). The van der Waals surface area contributed by atoms with Crippen molar-refractivity contribution in [2.45, 2.75) is 19.8 Å². The summed E-state index contributed by atoms with van der Waals surface area (Å²) >= 11 is 0. The van der Waals surface area contributed by atoms with Gasteiger partial charge in [-0.25, -0.2) is 4.79 Å². The van der Waals surface area contributed by atoms with Crippen molar-refractivity contribution < 1.29 is 33.5 Å². The van der Waals surface area contributed by atoms with Crippen molar-refractivity contribution in [1.29, 1.82) is 0 Å². The Labute approximate surface area is 96.4 Å². The molecule has 0 aliphatic carbocycles. The van der Waals surface area contributed by atoms with E-state index < -0.39 is 23.9 Å². The highest BCUT2D eigenvalue weighted by Gasteiger charge is 2.33. The van der Waals surface area contributed by atoms with E-state index in [1.54, 1.807) is 0 Å². The highest BCUT2D eigenvalue weighted by molar-refractivity contribution is 6.01. The molecule has 0 aromatic carbocycles. The lowest BCUT2D eigenvalue weighted by molar-refractivity contribution is -0.177. The van der Waals surface area contributed by atoms with E-state index >= 15 is 0 Å². The first-order valence-electron chi connectivity index (χ1n) is 4.84. The molecule has 0 aromatic heterocycles. The average Bonchev–Trinajstić information content (AvgIpc) is 2.56. The zero-order valence-corrected chi connectivity index (χ0v) is 9.13. The van der Waals surface area contributed by atoms with Crippen LogP contribution in [0.5, 0.6) is 0 Å². The zero-order valence-electron chi connectivity index (χ0n) is 9.13. The van der Waals surface area contributed by atoms with E-state index in [0.717, 1.165) is 0 Å². The summed E-state index contributed by atoms with van der Waals surface area (Å²) in [5.41, 5.74) is 0. The molecule has 17 heavy (non-hydrogen) atoms. The van der Waals surface area contributed by atoms with Crippen molar-refractivity contribution in [3.8, 4) is 0 Å². The molecule has 1 aliphatic rings. The Bertz CT molecular complexity index is 335. The minimum Gasteiger partial charge on any atom is -0.462 e. The Morgan fingerprint density at radius 2 is 1.65 bits per heavy atom. The van der Waals surface area contributed by atoms with Crippen LogP contribution in [0.4, 0.5) is 4.79 Å². The molecule has 0 spiro atoms. The van der Waals surface area contributed by atoms with Gasteiger partial charge in [-0.05, 0) is 0 Å². The number of imide groups is 1. The van der Waals surface area contributed by atoms with Gasteiger partial charge < -0.3 is 9.47 Å². The van der Waals surface area contributed by atoms with Crippen LogP contribution in [0.3, 0.4) is 0 Å². The van der Waals surface area contributed by atoms with Gasteiger partial charge in [0.05, 0.1) is 0 Å². The molecule has 0 bridgehead atoms. The summed E-state index contributed by atoms with van der Waals surface area (Å²) in [5.74, 6) is -1.69. The molecule has 0 saturated carbocycles. The van der Waals surface area contributed by atoms with Crippen LogP contribution in [0.25, 0.3) is 0 Å². The zero-order chi connectivity index (χ0) is 12.8. The summed E-state index contributed by atoms with van der Waals surface area (Å²) in [6, 6.07) is 0. The Kier molecular flexibility index (Phi) is 4.44. The van der Waals surface area contributed by atoms with E-state index in [1.165, 1.54) is 6.92 Å². The first kappa shape index (κ1) is 12.9. The number of esters is 1. The summed E-state index contributed by atoms with van der Waals surface area (Å²) in [5, 5.41) is 0.369. The van der Waals surface area contributed by atoms with Crippen LogP contribution in [0.2, 0.25) is 0 Å². The summed E-state index contributed by atoms with van der Waals surface area (Å²) in [7, 11) is 0. The van der Waals surface area contributed by atoms with E-state index in [-0.39, 0.29) is 26.1 Å². The summed E-state index contributed by atoms with van der Waals surface area (Å²) in [6.45, 7) is 0.876. The average molecular weight is 245 g/mol. The number of hydrogen-bond acceptors (Lipinski definition) is 7. The number of carbonyl (C=O) groups excluding carboxylic acids is 4. The fourth-order valence-electron chi connectivity index (χ4n) is 1.07. The largest absolute Gasteiger partial charge is 0.534 e. The highest BCUT2D eigenvalue weighted by Crippen LogP contribution is 2.12. The first-order chi connectivity index (χ1) is 8.00. The van der Waals surface area contributed by atoms with Crippen LogP contribution in [-0.4, -0.2) is 42.2 Å². The van der Waals surface area contributed by atoms with Gasteiger partial charge in [0.1, 0.15) is 13.2 Å². The third-order valence-electron chi connectivity index (χ3n) is 1.78. The summed E-state index contributed by atoms with van der Waals surface area (Å²) in [4.78, 5) is 47.8. The van der Waals surface area contributed by atoms with Gasteiger partial charge >= 0.3 is 12.1 Å². The maximum atomic E-state index is 11.0. The van der Waals surface area contributed by atoms with Crippen molar-refractivity contribution in [3.63, 3.8) is 0 Å². The van der Waals surface area contributed by atoms with Gasteiger partial charge in [-0.15, -0.1) is 0 Å². The SMILES string of the molecule is CC(=O)OCCOC(=O)ON1C(=O)CCC1=O. The third-order valence-corrected chi connectivity index (χ3v) is 1.78. The number of amides is 2. The second kappa shape index (κ2) is 5.83. The smallest absolute Gasteiger partial charge is 0.462 e. The molecule has 8 nitrogen and oxygen atoms in total. The Morgan fingerprint density at radius 1 is 1.12 bits per heavy atom. The first-order valence-corrected chi connectivity index (χ1v) is 4.84. The van der Waals surface area contributed by atoms with E-state index in [1.807, 2.05) is 0 Å². The third kappa shape index (κ3) is 4.09. The predicted molar refractivity (Wildman–Crippen MR) is 50.2 cm³/mol. The van der Waals surface area contributed by atoms with Gasteiger partial charge in [0.15, 0.2) is 0 Å². The van der Waals surface area contributed by atoms with Crippen molar-refractivity contribution in [3.05, 3.63) is 0 Å². The molecular weight excluding hydrogens is 234 g/mol. The van der Waals surface area contributed by atoms with E-state index in [4.69, 9.17) is 0 Å². The van der Waals surface area contributed by atoms with Crippen LogP contribution < -0.4 is 0 Å². The van der Waals surface area contributed by atoms with Crippen molar-refractivity contribution in [2.75, 3.05) is 13.2 Å². The minimum atomic E-state index is -1.19. The maximum absolute atomic E-state index is 11.0. The molecular formula is C9H11NO7. The second-order valence-electron chi connectivity index (χ2n) is 3.11. The molecule has 0 unspecified atom stereocenters.